The van der Waals surface area contributed by atoms with Crippen molar-refractivity contribution in [3.63, 3.8) is 0 Å². The molecule has 4 nitrogen and oxygen atoms in total. The first-order valence-corrected chi connectivity index (χ1v) is 5.33. The fourth-order valence-electron chi connectivity index (χ4n) is 2.44. The quantitative estimate of drug-likeness (QED) is 0.739. The minimum Gasteiger partial charge on any atom is -0.352 e. The summed E-state index contributed by atoms with van der Waals surface area (Å²) < 4.78 is 5.66. The number of fused-ring (bicyclic) bond motifs is 1. The van der Waals surface area contributed by atoms with Crippen LogP contribution in [0.1, 0.15) is 32.6 Å². The molecule has 0 spiro atoms. The molecule has 1 heterocycles. The Kier molecular flexibility index (Phi) is 2.49. The molecular weight excluding hydrogens is 192 g/mol. The second-order valence-electron chi connectivity index (χ2n) is 3.89. The van der Waals surface area contributed by atoms with Crippen LogP contribution in [0.25, 0.3) is 0 Å². The average molecular weight is 206 g/mol. The molecule has 1 aliphatic carbocycles. The molecule has 80 valence electrons. The summed E-state index contributed by atoms with van der Waals surface area (Å²) in [4.78, 5) is 11.6. The van der Waals surface area contributed by atoms with Gasteiger partial charge in [0, 0.05) is 12.2 Å². The number of nitrogens with one attached hydrogen (secondary N) is 1. The Morgan fingerprint density at radius 1 is 1.60 bits per heavy atom. The lowest BCUT2D eigenvalue weighted by Crippen LogP contribution is -2.48. The highest BCUT2D eigenvalue weighted by atomic mass is 16.5. The van der Waals surface area contributed by atoms with Gasteiger partial charge < -0.3 is 10.1 Å². The van der Waals surface area contributed by atoms with Crippen molar-refractivity contribution >= 4 is 5.91 Å². The zero-order valence-electron chi connectivity index (χ0n) is 8.80. The number of nitriles is 1. The SMILES string of the molecule is CCOC12CCCCC1=C(C#N)C(=O)N2. The minimum atomic E-state index is -0.658. The Hall–Kier alpha value is -1.34. The maximum Gasteiger partial charge on any atom is 0.264 e. The molecule has 1 unspecified atom stereocenters. The van der Waals surface area contributed by atoms with E-state index in [4.69, 9.17) is 10.00 Å². The molecule has 15 heavy (non-hydrogen) atoms. The van der Waals surface area contributed by atoms with Crippen molar-refractivity contribution < 1.29 is 9.53 Å². The summed E-state index contributed by atoms with van der Waals surface area (Å²) in [5.74, 6) is -0.275. The molecule has 1 amide bonds. The van der Waals surface area contributed by atoms with Gasteiger partial charge in [-0.25, -0.2) is 0 Å². The van der Waals surface area contributed by atoms with E-state index in [0.29, 0.717) is 6.61 Å². The van der Waals surface area contributed by atoms with Crippen molar-refractivity contribution in [1.82, 2.24) is 5.32 Å². The van der Waals surface area contributed by atoms with Crippen molar-refractivity contribution in [2.75, 3.05) is 6.61 Å². The van der Waals surface area contributed by atoms with Gasteiger partial charge in [-0.05, 0) is 32.6 Å². The molecule has 4 heteroatoms. The number of ether oxygens (including phenoxy) is 1. The van der Waals surface area contributed by atoms with E-state index in [1.165, 1.54) is 0 Å². The number of hydrogen-bond donors (Lipinski definition) is 1. The van der Waals surface area contributed by atoms with Crippen LogP contribution < -0.4 is 5.32 Å². The molecule has 2 rings (SSSR count). The van der Waals surface area contributed by atoms with E-state index < -0.39 is 5.72 Å². The van der Waals surface area contributed by atoms with Crippen molar-refractivity contribution in [3.05, 3.63) is 11.1 Å². The molecule has 1 atom stereocenters. The molecule has 0 aromatic heterocycles. The molecule has 0 aromatic carbocycles. The average Bonchev–Trinajstić information content (AvgIpc) is 2.49. The number of hydrogen-bond acceptors (Lipinski definition) is 3. The summed E-state index contributed by atoms with van der Waals surface area (Å²) in [5.41, 5.74) is 0.473. The fraction of sp³-hybridized carbons (Fsp3) is 0.636. The normalized spacial score (nSPS) is 29.7. The van der Waals surface area contributed by atoms with E-state index in [1.807, 2.05) is 13.0 Å². The third-order valence-corrected chi connectivity index (χ3v) is 3.04. The highest BCUT2D eigenvalue weighted by Crippen LogP contribution is 2.40. The first-order valence-electron chi connectivity index (χ1n) is 5.33. The van der Waals surface area contributed by atoms with Crippen LogP contribution in [0.3, 0.4) is 0 Å². The zero-order valence-corrected chi connectivity index (χ0v) is 8.80. The van der Waals surface area contributed by atoms with Crippen molar-refractivity contribution in [2.45, 2.75) is 38.3 Å². The van der Waals surface area contributed by atoms with E-state index in [0.717, 1.165) is 31.3 Å². The summed E-state index contributed by atoms with van der Waals surface area (Å²) in [6.07, 6.45) is 3.64. The van der Waals surface area contributed by atoms with Crippen LogP contribution >= 0.6 is 0 Å². The third kappa shape index (κ3) is 1.44. The molecule has 2 aliphatic rings. The summed E-state index contributed by atoms with van der Waals surface area (Å²) >= 11 is 0. The van der Waals surface area contributed by atoms with Gasteiger partial charge in [-0.15, -0.1) is 0 Å². The van der Waals surface area contributed by atoms with Crippen LogP contribution in [0, 0.1) is 11.3 Å². The Labute approximate surface area is 88.9 Å². The maximum absolute atomic E-state index is 11.6. The topological polar surface area (TPSA) is 62.1 Å². The zero-order chi connectivity index (χ0) is 10.9. The van der Waals surface area contributed by atoms with Gasteiger partial charge >= 0.3 is 0 Å². The predicted octanol–water partition coefficient (Wildman–Crippen LogP) is 1.24. The van der Waals surface area contributed by atoms with E-state index in [2.05, 4.69) is 5.32 Å². The van der Waals surface area contributed by atoms with Gasteiger partial charge in [-0.1, -0.05) is 0 Å². The largest absolute Gasteiger partial charge is 0.352 e. The van der Waals surface area contributed by atoms with Crippen LogP contribution in [-0.4, -0.2) is 18.2 Å². The summed E-state index contributed by atoms with van der Waals surface area (Å²) in [5, 5.41) is 11.7. The summed E-state index contributed by atoms with van der Waals surface area (Å²) in [6, 6.07) is 1.98. The molecule has 0 radical (unpaired) electrons. The van der Waals surface area contributed by atoms with Crippen LogP contribution in [0.4, 0.5) is 0 Å². The summed E-state index contributed by atoms with van der Waals surface area (Å²) in [6.45, 7) is 2.44. The van der Waals surface area contributed by atoms with Gasteiger partial charge in [0.15, 0.2) is 5.72 Å². The number of nitrogens with zero attached hydrogens (tertiary/aromatic N) is 1. The number of rotatable bonds is 2. The highest BCUT2D eigenvalue weighted by molar-refractivity contribution is 6.02. The first kappa shape index (κ1) is 10.2. The Morgan fingerprint density at radius 3 is 3.07 bits per heavy atom. The van der Waals surface area contributed by atoms with Crippen molar-refractivity contribution in [2.24, 2.45) is 0 Å². The smallest absolute Gasteiger partial charge is 0.264 e. The second kappa shape index (κ2) is 3.67. The molecule has 0 saturated heterocycles. The van der Waals surface area contributed by atoms with Crippen molar-refractivity contribution in [3.8, 4) is 6.07 Å². The van der Waals surface area contributed by atoms with E-state index in [-0.39, 0.29) is 11.5 Å². The standard InChI is InChI=1S/C11H14N2O2/c1-2-15-11-6-4-3-5-9(11)8(7-12)10(14)13-11/h2-6H2,1H3,(H,13,14). The van der Waals surface area contributed by atoms with Gasteiger partial charge in [0.2, 0.25) is 0 Å². The third-order valence-electron chi connectivity index (χ3n) is 3.04. The van der Waals surface area contributed by atoms with Crippen LogP contribution in [-0.2, 0) is 9.53 Å². The van der Waals surface area contributed by atoms with E-state index in [9.17, 15) is 4.79 Å². The molecule has 1 N–H and O–H groups in total. The minimum absolute atomic E-state index is 0.267. The molecule has 1 aliphatic heterocycles. The van der Waals surface area contributed by atoms with Crippen molar-refractivity contribution in [1.29, 1.82) is 5.26 Å². The fourth-order valence-corrected chi connectivity index (χ4v) is 2.44. The Bertz CT molecular complexity index is 363. The summed E-state index contributed by atoms with van der Waals surface area (Å²) in [7, 11) is 0. The lowest BCUT2D eigenvalue weighted by atomic mass is 9.86. The van der Waals surface area contributed by atoms with E-state index >= 15 is 0 Å². The van der Waals surface area contributed by atoms with Gasteiger partial charge in [0.05, 0.1) is 0 Å². The lowest BCUT2D eigenvalue weighted by Gasteiger charge is -2.35. The monoisotopic (exact) mass is 206 g/mol. The highest BCUT2D eigenvalue weighted by Gasteiger charge is 2.46. The molecule has 1 fully saturated rings. The predicted molar refractivity (Wildman–Crippen MR) is 53.6 cm³/mol. The second-order valence-corrected chi connectivity index (χ2v) is 3.89. The Balaban J connectivity index is 2.41. The van der Waals surface area contributed by atoms with Gasteiger partial charge in [0.1, 0.15) is 11.6 Å². The van der Waals surface area contributed by atoms with Crippen LogP contribution in [0.15, 0.2) is 11.1 Å². The maximum atomic E-state index is 11.6. The van der Waals surface area contributed by atoms with Crippen LogP contribution in [0.2, 0.25) is 0 Å². The molecule has 1 saturated carbocycles. The first-order chi connectivity index (χ1) is 7.23. The number of amides is 1. The molecular formula is C11H14N2O2. The van der Waals surface area contributed by atoms with Gasteiger partial charge in [-0.3, -0.25) is 4.79 Å². The van der Waals surface area contributed by atoms with Gasteiger partial charge in [0.25, 0.3) is 5.91 Å². The number of carbonyl (C=O) groups is 1. The lowest BCUT2D eigenvalue weighted by molar-refractivity contribution is -0.124. The van der Waals surface area contributed by atoms with Gasteiger partial charge in [-0.2, -0.15) is 5.26 Å². The molecule has 0 bridgehead atoms. The Morgan fingerprint density at radius 2 is 2.40 bits per heavy atom. The number of carbonyl (C=O) groups excluding carboxylic acids is 1. The van der Waals surface area contributed by atoms with Crippen LogP contribution in [0.5, 0.6) is 0 Å². The molecule has 0 aromatic rings. The van der Waals surface area contributed by atoms with E-state index in [1.54, 1.807) is 0 Å².